The van der Waals surface area contributed by atoms with E-state index in [1.54, 1.807) is 0 Å². The number of hydrogen-bond donors (Lipinski definition) is 1. The molecule has 0 aliphatic rings. The second kappa shape index (κ2) is 7.25. The topological polar surface area (TPSA) is 21.3 Å². The van der Waals surface area contributed by atoms with Gasteiger partial charge in [0.15, 0.2) is 0 Å². The van der Waals surface area contributed by atoms with Crippen LogP contribution in [0, 0.1) is 0 Å². The first-order chi connectivity index (χ1) is 8.19. The highest BCUT2D eigenvalue weighted by Gasteiger charge is 2.21. The van der Waals surface area contributed by atoms with Gasteiger partial charge in [-0.1, -0.05) is 35.9 Å². The maximum Gasteiger partial charge on any atom is 0.0980 e. The number of ether oxygens (including phenoxy) is 1. The molecule has 1 N–H and O–H groups in total. The Bertz CT molecular complexity index is 334. The van der Waals surface area contributed by atoms with E-state index in [1.165, 1.54) is 11.1 Å². The molecule has 2 heteroatoms. The first-order valence-corrected chi connectivity index (χ1v) is 6.17. The lowest BCUT2D eigenvalue weighted by atomic mass is 9.97. The zero-order valence-corrected chi connectivity index (χ0v) is 11.1. The molecule has 0 saturated heterocycles. The number of benzene rings is 1. The molecule has 0 saturated carbocycles. The van der Waals surface area contributed by atoms with Crippen LogP contribution in [-0.4, -0.2) is 19.7 Å². The monoisotopic (exact) mass is 233 g/mol. The Morgan fingerprint density at radius 3 is 2.47 bits per heavy atom. The Morgan fingerprint density at radius 2 is 2.00 bits per heavy atom. The van der Waals surface area contributed by atoms with Gasteiger partial charge in [-0.25, -0.2) is 0 Å². The van der Waals surface area contributed by atoms with Crippen LogP contribution in [0.3, 0.4) is 0 Å². The van der Waals surface area contributed by atoms with E-state index in [2.05, 4.69) is 43.1 Å². The largest absolute Gasteiger partial charge is 0.372 e. The van der Waals surface area contributed by atoms with Gasteiger partial charge in [-0.15, -0.1) is 6.58 Å². The van der Waals surface area contributed by atoms with Crippen molar-refractivity contribution in [3.05, 3.63) is 48.0 Å². The Hall–Kier alpha value is -1.12. The van der Waals surface area contributed by atoms with E-state index >= 15 is 0 Å². The third kappa shape index (κ3) is 4.33. The van der Waals surface area contributed by atoms with Crippen LogP contribution in [0.4, 0.5) is 0 Å². The molecule has 2 unspecified atom stereocenters. The van der Waals surface area contributed by atoms with Gasteiger partial charge in [-0.3, -0.25) is 0 Å². The van der Waals surface area contributed by atoms with Crippen LogP contribution < -0.4 is 5.32 Å². The maximum absolute atomic E-state index is 5.88. The molecular formula is C15H23NO. The second-order valence-electron chi connectivity index (χ2n) is 4.34. The van der Waals surface area contributed by atoms with Gasteiger partial charge >= 0.3 is 0 Å². The predicted octanol–water partition coefficient (Wildman–Crippen LogP) is 3.32. The van der Waals surface area contributed by atoms with E-state index in [0.717, 1.165) is 6.42 Å². The molecule has 0 fully saturated rings. The number of nitrogens with one attached hydrogen (secondary N) is 1. The lowest BCUT2D eigenvalue weighted by Crippen LogP contribution is -2.34. The smallest absolute Gasteiger partial charge is 0.0980 e. The van der Waals surface area contributed by atoms with Gasteiger partial charge < -0.3 is 10.1 Å². The van der Waals surface area contributed by atoms with Gasteiger partial charge in [-0.2, -0.15) is 0 Å². The Kier molecular flexibility index (Phi) is 5.95. The molecule has 0 aliphatic heterocycles. The molecule has 0 radical (unpaired) electrons. The van der Waals surface area contributed by atoms with Crippen molar-refractivity contribution >= 4 is 0 Å². The fraction of sp³-hybridized carbons (Fsp3) is 0.467. The molecule has 0 bridgehead atoms. The van der Waals surface area contributed by atoms with Crippen LogP contribution in [0.15, 0.2) is 42.5 Å². The molecule has 0 spiro atoms. The number of likely N-dealkylation sites (N-methyl/N-ethyl adjacent to an activating group) is 1. The van der Waals surface area contributed by atoms with Crippen LogP contribution in [0.1, 0.15) is 31.9 Å². The van der Waals surface area contributed by atoms with E-state index in [-0.39, 0.29) is 12.1 Å². The van der Waals surface area contributed by atoms with Gasteiger partial charge in [0.25, 0.3) is 0 Å². The van der Waals surface area contributed by atoms with Crippen LogP contribution in [0.2, 0.25) is 0 Å². The highest BCUT2D eigenvalue weighted by molar-refractivity contribution is 5.20. The van der Waals surface area contributed by atoms with Gasteiger partial charge in [0, 0.05) is 12.6 Å². The minimum Gasteiger partial charge on any atom is -0.372 e. The van der Waals surface area contributed by atoms with Crippen molar-refractivity contribution in [1.82, 2.24) is 5.32 Å². The predicted molar refractivity (Wildman–Crippen MR) is 73.1 cm³/mol. The lowest BCUT2D eigenvalue weighted by Gasteiger charge is -2.27. The summed E-state index contributed by atoms with van der Waals surface area (Å²) in [5, 5.41) is 3.33. The molecule has 94 valence electrons. The highest BCUT2D eigenvalue weighted by atomic mass is 16.5. The van der Waals surface area contributed by atoms with E-state index in [0.29, 0.717) is 6.61 Å². The molecule has 0 aromatic heterocycles. The summed E-state index contributed by atoms with van der Waals surface area (Å²) in [5.41, 5.74) is 2.39. The summed E-state index contributed by atoms with van der Waals surface area (Å²) in [5.74, 6) is 0. The fourth-order valence-electron chi connectivity index (χ4n) is 2.00. The molecule has 2 atom stereocenters. The average Bonchev–Trinajstić information content (AvgIpc) is 2.34. The van der Waals surface area contributed by atoms with Gasteiger partial charge in [0.1, 0.15) is 0 Å². The Balaban J connectivity index is 2.86. The molecule has 1 aromatic carbocycles. The van der Waals surface area contributed by atoms with E-state index in [1.807, 2.05) is 20.0 Å². The van der Waals surface area contributed by atoms with Crippen molar-refractivity contribution < 1.29 is 4.74 Å². The molecule has 0 aliphatic carbocycles. The summed E-state index contributed by atoms with van der Waals surface area (Å²) in [4.78, 5) is 0. The molecule has 2 nitrogen and oxygen atoms in total. The quantitative estimate of drug-likeness (QED) is 0.729. The standard InChI is InChI=1S/C15H23NO/c1-5-17-15(13-9-7-6-8-10-13)14(16-4)11-12(2)3/h6-10,14-16H,2,5,11H2,1,3-4H3. The summed E-state index contributed by atoms with van der Waals surface area (Å²) < 4.78 is 5.88. The van der Waals surface area contributed by atoms with Gasteiger partial charge in [0.2, 0.25) is 0 Å². The zero-order valence-electron chi connectivity index (χ0n) is 11.1. The maximum atomic E-state index is 5.88. The third-order valence-electron chi connectivity index (χ3n) is 2.78. The molecular weight excluding hydrogens is 210 g/mol. The molecule has 0 amide bonds. The average molecular weight is 233 g/mol. The van der Waals surface area contributed by atoms with Crippen molar-refractivity contribution in [2.75, 3.05) is 13.7 Å². The van der Waals surface area contributed by atoms with Crippen LogP contribution in [0.5, 0.6) is 0 Å². The van der Waals surface area contributed by atoms with Crippen LogP contribution in [-0.2, 0) is 4.74 Å². The van der Waals surface area contributed by atoms with Crippen LogP contribution in [0.25, 0.3) is 0 Å². The summed E-state index contributed by atoms with van der Waals surface area (Å²) >= 11 is 0. The first-order valence-electron chi connectivity index (χ1n) is 6.17. The van der Waals surface area contributed by atoms with Crippen molar-refractivity contribution in [2.45, 2.75) is 32.4 Å². The number of hydrogen-bond acceptors (Lipinski definition) is 2. The SMILES string of the molecule is C=C(C)CC(NC)C(OCC)c1ccccc1. The minimum absolute atomic E-state index is 0.0860. The lowest BCUT2D eigenvalue weighted by molar-refractivity contribution is 0.0352. The third-order valence-corrected chi connectivity index (χ3v) is 2.78. The fourth-order valence-corrected chi connectivity index (χ4v) is 2.00. The Morgan fingerprint density at radius 1 is 1.35 bits per heavy atom. The molecule has 1 aromatic rings. The minimum atomic E-state index is 0.0860. The zero-order chi connectivity index (χ0) is 12.7. The Labute approximate surface area is 105 Å². The number of rotatable bonds is 7. The van der Waals surface area contributed by atoms with E-state index in [4.69, 9.17) is 4.74 Å². The second-order valence-corrected chi connectivity index (χ2v) is 4.34. The normalized spacial score (nSPS) is 14.3. The van der Waals surface area contributed by atoms with Gasteiger partial charge in [0.05, 0.1) is 6.10 Å². The molecule has 1 rings (SSSR count). The van der Waals surface area contributed by atoms with Crippen molar-refractivity contribution in [2.24, 2.45) is 0 Å². The van der Waals surface area contributed by atoms with E-state index in [9.17, 15) is 0 Å². The summed E-state index contributed by atoms with van der Waals surface area (Å²) in [7, 11) is 1.97. The van der Waals surface area contributed by atoms with Gasteiger partial charge in [-0.05, 0) is 32.9 Å². The first kappa shape index (κ1) is 13.9. The van der Waals surface area contributed by atoms with Crippen molar-refractivity contribution in [3.8, 4) is 0 Å². The summed E-state index contributed by atoms with van der Waals surface area (Å²) in [6.07, 6.45) is 1.01. The van der Waals surface area contributed by atoms with E-state index < -0.39 is 0 Å². The highest BCUT2D eigenvalue weighted by Crippen LogP contribution is 2.24. The van der Waals surface area contributed by atoms with Crippen molar-refractivity contribution in [1.29, 1.82) is 0 Å². The molecule has 0 heterocycles. The summed E-state index contributed by atoms with van der Waals surface area (Å²) in [6, 6.07) is 10.6. The van der Waals surface area contributed by atoms with Crippen LogP contribution >= 0.6 is 0 Å². The molecule has 17 heavy (non-hydrogen) atoms. The van der Waals surface area contributed by atoms with Crippen molar-refractivity contribution in [3.63, 3.8) is 0 Å². The summed E-state index contributed by atoms with van der Waals surface area (Å²) in [6.45, 7) is 8.78.